The lowest BCUT2D eigenvalue weighted by Crippen LogP contribution is -2.29. The first-order valence-electron chi connectivity index (χ1n) is 5.98. The minimum Gasteiger partial charge on any atom is -0.383 e. The highest BCUT2D eigenvalue weighted by atomic mass is 16.5. The lowest BCUT2D eigenvalue weighted by molar-refractivity contribution is 0.210. The van der Waals surface area contributed by atoms with E-state index in [-0.39, 0.29) is 0 Å². The third-order valence-corrected chi connectivity index (χ3v) is 2.96. The van der Waals surface area contributed by atoms with E-state index in [1.54, 1.807) is 7.11 Å². The normalized spacial score (nSPS) is 15.7. The van der Waals surface area contributed by atoms with Gasteiger partial charge in [-0.2, -0.15) is 0 Å². The second kappa shape index (κ2) is 5.42. The highest BCUT2D eigenvalue weighted by molar-refractivity contribution is 5.47. The van der Waals surface area contributed by atoms with Crippen molar-refractivity contribution in [1.29, 1.82) is 0 Å². The number of aromatic nitrogens is 2. The van der Waals surface area contributed by atoms with E-state index in [0.29, 0.717) is 6.61 Å². The zero-order valence-electron chi connectivity index (χ0n) is 10.8. The van der Waals surface area contributed by atoms with Crippen LogP contribution in [0.5, 0.6) is 0 Å². The summed E-state index contributed by atoms with van der Waals surface area (Å²) in [5, 5.41) is 3.33. The van der Waals surface area contributed by atoms with E-state index in [9.17, 15) is 0 Å². The van der Waals surface area contributed by atoms with Gasteiger partial charge >= 0.3 is 0 Å². The van der Waals surface area contributed by atoms with Gasteiger partial charge in [-0.25, -0.2) is 9.97 Å². The largest absolute Gasteiger partial charge is 0.383 e. The van der Waals surface area contributed by atoms with Gasteiger partial charge in [0.05, 0.1) is 12.3 Å². The second-order valence-corrected chi connectivity index (χ2v) is 4.45. The molecule has 0 aromatic carbocycles. The van der Waals surface area contributed by atoms with Crippen LogP contribution in [0, 0.1) is 6.92 Å². The summed E-state index contributed by atoms with van der Waals surface area (Å²) in [5.74, 6) is 1.81. The van der Waals surface area contributed by atoms with Gasteiger partial charge in [0, 0.05) is 38.7 Å². The van der Waals surface area contributed by atoms with Crippen LogP contribution >= 0.6 is 0 Å². The van der Waals surface area contributed by atoms with Crippen LogP contribution in [0.15, 0.2) is 0 Å². The van der Waals surface area contributed by atoms with Gasteiger partial charge in [0.25, 0.3) is 0 Å². The Morgan fingerprint density at radius 1 is 1.41 bits per heavy atom. The van der Waals surface area contributed by atoms with E-state index in [2.05, 4.69) is 27.2 Å². The SMILES string of the molecule is COCCNc1nc(C)nc2c1CN(C)CC2. The van der Waals surface area contributed by atoms with Crippen molar-refractivity contribution in [3.05, 3.63) is 17.1 Å². The molecule has 0 atom stereocenters. The van der Waals surface area contributed by atoms with E-state index in [1.165, 1.54) is 11.3 Å². The topological polar surface area (TPSA) is 50.3 Å². The highest BCUT2D eigenvalue weighted by Crippen LogP contribution is 2.22. The minimum absolute atomic E-state index is 0.688. The summed E-state index contributed by atoms with van der Waals surface area (Å²) in [5.41, 5.74) is 2.43. The molecule has 1 N–H and O–H groups in total. The molecule has 0 aliphatic carbocycles. The number of ether oxygens (including phenoxy) is 1. The number of methoxy groups -OCH3 is 1. The summed E-state index contributed by atoms with van der Waals surface area (Å²) in [7, 11) is 3.83. The Morgan fingerprint density at radius 3 is 3.00 bits per heavy atom. The van der Waals surface area contributed by atoms with Gasteiger partial charge < -0.3 is 15.0 Å². The van der Waals surface area contributed by atoms with Crippen LogP contribution in [0.2, 0.25) is 0 Å². The molecule has 0 fully saturated rings. The average Bonchev–Trinajstić information content (AvgIpc) is 2.30. The third-order valence-electron chi connectivity index (χ3n) is 2.96. The van der Waals surface area contributed by atoms with Crippen molar-refractivity contribution in [2.24, 2.45) is 0 Å². The number of nitrogens with zero attached hydrogens (tertiary/aromatic N) is 3. The van der Waals surface area contributed by atoms with Crippen molar-refractivity contribution in [2.75, 3.05) is 39.2 Å². The predicted octanol–water partition coefficient (Wildman–Crippen LogP) is 0.831. The van der Waals surface area contributed by atoms with Crippen molar-refractivity contribution in [1.82, 2.24) is 14.9 Å². The molecule has 0 bridgehead atoms. The maximum absolute atomic E-state index is 5.04. The van der Waals surface area contributed by atoms with Crippen LogP contribution in [-0.2, 0) is 17.7 Å². The molecule has 5 heteroatoms. The highest BCUT2D eigenvalue weighted by Gasteiger charge is 2.19. The smallest absolute Gasteiger partial charge is 0.134 e. The van der Waals surface area contributed by atoms with E-state index in [1.807, 2.05) is 6.92 Å². The molecule has 2 rings (SSSR count). The zero-order valence-corrected chi connectivity index (χ0v) is 10.8. The zero-order chi connectivity index (χ0) is 12.3. The summed E-state index contributed by atoms with van der Waals surface area (Å²) in [6, 6.07) is 0. The standard InChI is InChI=1S/C12H20N4O/c1-9-14-11-4-6-16(2)8-10(11)12(15-9)13-5-7-17-3/h4-8H2,1-3H3,(H,13,14,15). The van der Waals surface area contributed by atoms with Gasteiger partial charge in [-0.15, -0.1) is 0 Å². The number of fused-ring (bicyclic) bond motifs is 1. The molecule has 94 valence electrons. The van der Waals surface area contributed by atoms with Gasteiger partial charge in [0.2, 0.25) is 0 Å². The maximum atomic E-state index is 5.04. The van der Waals surface area contributed by atoms with Crippen LogP contribution in [0.4, 0.5) is 5.82 Å². The Morgan fingerprint density at radius 2 is 2.24 bits per heavy atom. The van der Waals surface area contributed by atoms with Crippen molar-refractivity contribution in [2.45, 2.75) is 19.9 Å². The summed E-state index contributed by atoms with van der Waals surface area (Å²) < 4.78 is 5.04. The predicted molar refractivity (Wildman–Crippen MR) is 67.2 cm³/mol. The lowest BCUT2D eigenvalue weighted by Gasteiger charge is -2.26. The van der Waals surface area contributed by atoms with E-state index in [0.717, 1.165) is 37.7 Å². The van der Waals surface area contributed by atoms with E-state index >= 15 is 0 Å². The molecule has 0 amide bonds. The number of hydrogen-bond acceptors (Lipinski definition) is 5. The maximum Gasteiger partial charge on any atom is 0.134 e. The molecule has 0 saturated heterocycles. The van der Waals surface area contributed by atoms with Gasteiger partial charge in [0.15, 0.2) is 0 Å². The van der Waals surface area contributed by atoms with Crippen LogP contribution in [-0.4, -0.2) is 48.7 Å². The minimum atomic E-state index is 0.688. The Labute approximate surface area is 102 Å². The van der Waals surface area contributed by atoms with Crippen LogP contribution in [0.3, 0.4) is 0 Å². The quantitative estimate of drug-likeness (QED) is 0.785. The lowest BCUT2D eigenvalue weighted by atomic mass is 10.1. The first-order chi connectivity index (χ1) is 8.20. The van der Waals surface area contributed by atoms with Gasteiger partial charge in [-0.3, -0.25) is 0 Å². The van der Waals surface area contributed by atoms with E-state index in [4.69, 9.17) is 4.74 Å². The molecule has 0 saturated carbocycles. The number of anilines is 1. The molecule has 1 aliphatic rings. The molecule has 1 aliphatic heterocycles. The Balaban J connectivity index is 2.21. The molecule has 1 aromatic heterocycles. The number of aryl methyl sites for hydroxylation is 1. The van der Waals surface area contributed by atoms with Crippen molar-refractivity contribution in [3.8, 4) is 0 Å². The molecule has 5 nitrogen and oxygen atoms in total. The molecule has 0 spiro atoms. The van der Waals surface area contributed by atoms with Gasteiger partial charge in [-0.05, 0) is 14.0 Å². The molecule has 2 heterocycles. The Bertz CT molecular complexity index is 394. The monoisotopic (exact) mass is 236 g/mol. The Kier molecular flexibility index (Phi) is 3.91. The van der Waals surface area contributed by atoms with Crippen molar-refractivity contribution >= 4 is 5.82 Å². The van der Waals surface area contributed by atoms with E-state index < -0.39 is 0 Å². The number of rotatable bonds is 4. The Hall–Kier alpha value is -1.20. The summed E-state index contributed by atoms with van der Waals surface area (Å²) in [6.07, 6.45) is 1.01. The average molecular weight is 236 g/mol. The fourth-order valence-electron chi connectivity index (χ4n) is 2.09. The molecular weight excluding hydrogens is 216 g/mol. The molecule has 1 aromatic rings. The molecule has 17 heavy (non-hydrogen) atoms. The third kappa shape index (κ3) is 2.92. The number of hydrogen-bond donors (Lipinski definition) is 1. The summed E-state index contributed by atoms with van der Waals surface area (Å²) in [4.78, 5) is 11.3. The number of nitrogens with one attached hydrogen (secondary N) is 1. The van der Waals surface area contributed by atoms with Gasteiger partial charge in [0.1, 0.15) is 11.6 Å². The number of likely N-dealkylation sites (N-methyl/N-ethyl adjacent to an activating group) is 1. The van der Waals surface area contributed by atoms with Crippen molar-refractivity contribution < 1.29 is 4.74 Å². The summed E-state index contributed by atoms with van der Waals surface area (Å²) in [6.45, 7) is 5.41. The first kappa shape index (κ1) is 12.3. The fraction of sp³-hybridized carbons (Fsp3) is 0.667. The van der Waals surface area contributed by atoms with Crippen LogP contribution in [0.25, 0.3) is 0 Å². The fourth-order valence-corrected chi connectivity index (χ4v) is 2.09. The van der Waals surface area contributed by atoms with Crippen LogP contribution in [0.1, 0.15) is 17.1 Å². The molecular formula is C12H20N4O. The first-order valence-corrected chi connectivity index (χ1v) is 5.98. The second-order valence-electron chi connectivity index (χ2n) is 4.45. The van der Waals surface area contributed by atoms with Crippen LogP contribution < -0.4 is 5.32 Å². The molecule has 0 radical (unpaired) electrons. The molecule has 0 unspecified atom stereocenters. The van der Waals surface area contributed by atoms with Crippen molar-refractivity contribution in [3.63, 3.8) is 0 Å². The van der Waals surface area contributed by atoms with Gasteiger partial charge in [-0.1, -0.05) is 0 Å². The summed E-state index contributed by atoms with van der Waals surface area (Å²) >= 11 is 0.